The molecule has 1 aliphatic rings. The smallest absolute Gasteiger partial charge is 0.227 e. The predicted molar refractivity (Wildman–Crippen MR) is 72.1 cm³/mol. The topological polar surface area (TPSA) is 89.7 Å². The zero-order valence-corrected chi connectivity index (χ0v) is 11.7. The van der Waals surface area contributed by atoms with E-state index in [0.717, 1.165) is 12.7 Å². The molecule has 2 N–H and O–H groups in total. The Bertz CT molecular complexity index is 625. The van der Waals surface area contributed by atoms with Crippen LogP contribution in [0.4, 0.5) is 11.4 Å². The number of benzene rings is 1. The molecular weight excluding hydrogens is 268 g/mol. The summed E-state index contributed by atoms with van der Waals surface area (Å²) in [5, 5.41) is 0. The molecule has 6 nitrogen and oxygen atoms in total. The van der Waals surface area contributed by atoms with Crippen LogP contribution in [0, 0.1) is 0 Å². The highest BCUT2D eigenvalue weighted by Gasteiger charge is 2.26. The van der Waals surface area contributed by atoms with Gasteiger partial charge in [-0.1, -0.05) is 0 Å². The zero-order valence-electron chi connectivity index (χ0n) is 10.8. The number of nitrogens with two attached hydrogens (primary N) is 1. The van der Waals surface area contributed by atoms with Gasteiger partial charge in [-0.2, -0.15) is 0 Å². The molecule has 0 spiro atoms. The van der Waals surface area contributed by atoms with Crippen molar-refractivity contribution >= 4 is 27.1 Å². The first kappa shape index (κ1) is 13.7. The number of nitrogens with zero attached hydrogens (tertiary/aromatic N) is 1. The van der Waals surface area contributed by atoms with Gasteiger partial charge in [0.05, 0.1) is 23.4 Å². The summed E-state index contributed by atoms with van der Waals surface area (Å²) >= 11 is 0. The maximum atomic E-state index is 11.8. The van der Waals surface area contributed by atoms with E-state index in [1.54, 1.807) is 0 Å². The summed E-state index contributed by atoms with van der Waals surface area (Å²) in [5.41, 5.74) is 6.30. The molecule has 19 heavy (non-hydrogen) atoms. The predicted octanol–water partition coefficient (Wildman–Crippen LogP) is 0.808. The molecule has 1 aromatic rings. The first-order valence-corrected chi connectivity index (χ1v) is 7.71. The fourth-order valence-corrected chi connectivity index (χ4v) is 2.98. The summed E-state index contributed by atoms with van der Waals surface area (Å²) in [6, 6.07) is 2.85. The molecule has 1 amide bonds. The Balaban J connectivity index is 2.61. The Morgan fingerprint density at radius 1 is 1.37 bits per heavy atom. The van der Waals surface area contributed by atoms with E-state index in [9.17, 15) is 13.2 Å². The van der Waals surface area contributed by atoms with E-state index in [1.165, 1.54) is 24.1 Å². The molecule has 1 aliphatic heterocycles. The van der Waals surface area contributed by atoms with Gasteiger partial charge in [0.25, 0.3) is 0 Å². The highest BCUT2D eigenvalue weighted by Crippen LogP contribution is 2.36. The molecule has 1 heterocycles. The van der Waals surface area contributed by atoms with Crippen LogP contribution in [0.15, 0.2) is 17.0 Å². The van der Waals surface area contributed by atoms with Crippen LogP contribution in [0.2, 0.25) is 0 Å². The molecule has 0 radical (unpaired) electrons. The lowest BCUT2D eigenvalue weighted by atomic mass is 10.2. The fourth-order valence-electron chi connectivity index (χ4n) is 2.16. The van der Waals surface area contributed by atoms with Crippen LogP contribution in [0.25, 0.3) is 0 Å². The third-order valence-electron chi connectivity index (χ3n) is 3.07. The molecule has 0 bridgehead atoms. The Morgan fingerprint density at radius 3 is 2.53 bits per heavy atom. The van der Waals surface area contributed by atoms with Crippen LogP contribution in [0.3, 0.4) is 0 Å². The number of hydrogen-bond donors (Lipinski definition) is 1. The number of nitrogen functional groups attached to an aromatic ring is 1. The van der Waals surface area contributed by atoms with Crippen LogP contribution in [-0.2, 0) is 14.6 Å². The van der Waals surface area contributed by atoms with Gasteiger partial charge in [-0.3, -0.25) is 4.79 Å². The van der Waals surface area contributed by atoms with Crippen molar-refractivity contribution in [2.75, 3.05) is 30.5 Å². The monoisotopic (exact) mass is 284 g/mol. The number of ether oxygens (including phenoxy) is 1. The van der Waals surface area contributed by atoms with Crippen molar-refractivity contribution in [1.29, 1.82) is 0 Å². The number of amides is 1. The first-order chi connectivity index (χ1) is 8.84. The van der Waals surface area contributed by atoms with Crippen molar-refractivity contribution in [1.82, 2.24) is 0 Å². The van der Waals surface area contributed by atoms with Crippen LogP contribution in [0.5, 0.6) is 5.75 Å². The summed E-state index contributed by atoms with van der Waals surface area (Å²) in [7, 11) is -1.99. The summed E-state index contributed by atoms with van der Waals surface area (Å²) in [4.78, 5) is 13.3. The standard InChI is InChI=1S/C12H16N2O4S/c1-18-10-6-8(13)11(19(2,16)17)7-9(10)14-5-3-4-12(14)15/h6-7H,3-5,13H2,1-2H3. The molecular formula is C12H16N2O4S. The third kappa shape index (κ3) is 2.51. The minimum absolute atomic E-state index is 0.0167. The van der Waals surface area contributed by atoms with Gasteiger partial charge in [-0.25, -0.2) is 8.42 Å². The average Bonchev–Trinajstić information content (AvgIpc) is 2.73. The summed E-state index contributed by atoms with van der Waals surface area (Å²) < 4.78 is 28.5. The van der Waals surface area contributed by atoms with Gasteiger partial charge < -0.3 is 15.4 Å². The lowest BCUT2D eigenvalue weighted by molar-refractivity contribution is -0.117. The number of anilines is 2. The summed E-state index contributed by atoms with van der Waals surface area (Å²) in [6.45, 7) is 0.558. The molecule has 2 rings (SSSR count). The van der Waals surface area contributed by atoms with Crippen molar-refractivity contribution < 1.29 is 17.9 Å². The molecule has 0 saturated carbocycles. The molecule has 0 aliphatic carbocycles. The molecule has 1 saturated heterocycles. The van der Waals surface area contributed by atoms with Crippen molar-refractivity contribution in [3.05, 3.63) is 12.1 Å². The van der Waals surface area contributed by atoms with E-state index >= 15 is 0 Å². The molecule has 104 valence electrons. The van der Waals surface area contributed by atoms with Crippen LogP contribution >= 0.6 is 0 Å². The van der Waals surface area contributed by atoms with E-state index in [-0.39, 0.29) is 16.5 Å². The lowest BCUT2D eigenvalue weighted by Gasteiger charge is -2.20. The fraction of sp³-hybridized carbons (Fsp3) is 0.417. The maximum Gasteiger partial charge on any atom is 0.227 e. The van der Waals surface area contributed by atoms with E-state index in [4.69, 9.17) is 10.5 Å². The highest BCUT2D eigenvalue weighted by molar-refractivity contribution is 7.90. The van der Waals surface area contributed by atoms with E-state index in [2.05, 4.69) is 0 Å². The quantitative estimate of drug-likeness (QED) is 0.829. The van der Waals surface area contributed by atoms with Crippen molar-refractivity contribution in [2.45, 2.75) is 17.7 Å². The maximum absolute atomic E-state index is 11.8. The Hall–Kier alpha value is -1.76. The average molecular weight is 284 g/mol. The van der Waals surface area contributed by atoms with Crippen LogP contribution in [-0.4, -0.2) is 34.2 Å². The van der Waals surface area contributed by atoms with E-state index < -0.39 is 9.84 Å². The van der Waals surface area contributed by atoms with Crippen molar-refractivity contribution in [3.63, 3.8) is 0 Å². The minimum atomic E-state index is -3.45. The first-order valence-electron chi connectivity index (χ1n) is 5.82. The third-order valence-corrected chi connectivity index (χ3v) is 4.23. The number of carbonyl (C=O) groups is 1. The van der Waals surface area contributed by atoms with Crippen LogP contribution < -0.4 is 15.4 Å². The number of sulfone groups is 1. The van der Waals surface area contributed by atoms with Crippen molar-refractivity contribution in [3.8, 4) is 5.75 Å². The largest absolute Gasteiger partial charge is 0.494 e. The minimum Gasteiger partial charge on any atom is -0.494 e. The van der Waals surface area contributed by atoms with Gasteiger partial charge in [0.15, 0.2) is 9.84 Å². The molecule has 1 fully saturated rings. The molecule has 7 heteroatoms. The van der Waals surface area contributed by atoms with E-state index in [0.29, 0.717) is 24.4 Å². The van der Waals surface area contributed by atoms with Gasteiger partial charge in [0, 0.05) is 25.3 Å². The Morgan fingerprint density at radius 2 is 2.05 bits per heavy atom. The molecule has 0 unspecified atom stereocenters. The molecule has 1 aromatic carbocycles. The van der Waals surface area contributed by atoms with Gasteiger partial charge in [-0.15, -0.1) is 0 Å². The number of methoxy groups -OCH3 is 1. The number of rotatable bonds is 3. The normalized spacial score (nSPS) is 15.9. The lowest BCUT2D eigenvalue weighted by Crippen LogP contribution is -2.24. The van der Waals surface area contributed by atoms with Crippen LogP contribution in [0.1, 0.15) is 12.8 Å². The summed E-state index contributed by atoms with van der Waals surface area (Å²) in [5.74, 6) is 0.364. The molecule has 0 atom stereocenters. The Kier molecular flexibility index (Phi) is 3.40. The molecule has 0 aromatic heterocycles. The van der Waals surface area contributed by atoms with Crippen molar-refractivity contribution in [2.24, 2.45) is 0 Å². The van der Waals surface area contributed by atoms with E-state index in [1.807, 2.05) is 0 Å². The Labute approximate surface area is 112 Å². The highest BCUT2D eigenvalue weighted by atomic mass is 32.2. The SMILES string of the molecule is COc1cc(N)c(S(C)(=O)=O)cc1N1CCCC1=O. The van der Waals surface area contributed by atoms with Gasteiger partial charge in [-0.05, 0) is 12.5 Å². The second-order valence-electron chi connectivity index (χ2n) is 4.48. The zero-order chi connectivity index (χ0) is 14.2. The van der Waals surface area contributed by atoms with Gasteiger partial charge >= 0.3 is 0 Å². The van der Waals surface area contributed by atoms with Gasteiger partial charge in [0.2, 0.25) is 5.91 Å². The second kappa shape index (κ2) is 4.73. The summed E-state index contributed by atoms with van der Waals surface area (Å²) in [6.07, 6.45) is 2.29. The number of carbonyl (C=O) groups excluding carboxylic acids is 1. The van der Waals surface area contributed by atoms with Gasteiger partial charge in [0.1, 0.15) is 5.75 Å². The number of hydrogen-bond acceptors (Lipinski definition) is 5. The second-order valence-corrected chi connectivity index (χ2v) is 6.47.